The molecule has 6 aromatic rings. The Bertz CT molecular complexity index is 1980. The Hall–Kier alpha value is -5.64. The number of amides is 2. The average molecular weight is 718 g/mol. The third-order valence-corrected chi connectivity index (χ3v) is 12.1. The molecule has 4 N–H and O–H groups in total. The van der Waals surface area contributed by atoms with E-state index in [4.69, 9.17) is 24.4 Å². The van der Waals surface area contributed by atoms with Gasteiger partial charge in [0.2, 0.25) is 0 Å². The average Bonchev–Trinajstić information content (AvgIpc) is 3.15. The number of carbonyl (C=O) groups is 2. The fourth-order valence-electron chi connectivity index (χ4n) is 5.69. The second-order valence-electron chi connectivity index (χ2n) is 11.0. The Kier molecular flexibility index (Phi) is 12.1. The molecule has 0 aliphatic heterocycles. The fraction of sp³-hybridized carbons (Fsp3) is 0. The summed E-state index contributed by atoms with van der Waals surface area (Å²) in [6.07, 6.45) is 0. The number of halogens is 1. The first kappa shape index (κ1) is 36.6. The van der Waals surface area contributed by atoms with Crippen LogP contribution in [0.1, 0.15) is 15.9 Å². The normalized spacial score (nSPS) is 11.7. The molecule has 0 aliphatic carbocycles. The number of hydrogen-bond donors (Lipinski definition) is 3. The van der Waals surface area contributed by atoms with Crippen LogP contribution in [0, 0.1) is 10.2 Å². The number of para-hydroxylation sites is 2. The van der Waals surface area contributed by atoms with E-state index in [0.29, 0.717) is 22.3 Å². The lowest BCUT2D eigenvalue weighted by atomic mass is 10.1. The molecule has 0 aliphatic rings. The van der Waals surface area contributed by atoms with E-state index in [0.717, 1.165) is 21.5 Å². The van der Waals surface area contributed by atoms with Crippen molar-refractivity contribution in [1.29, 1.82) is 0 Å². The molecule has 0 aromatic heterocycles. The van der Waals surface area contributed by atoms with E-state index in [1.165, 1.54) is 0 Å². The third-order valence-electron chi connectivity index (χ3n) is 7.76. The first-order chi connectivity index (χ1) is 24.6. The highest BCUT2D eigenvalue weighted by atomic mass is 35.7. The third kappa shape index (κ3) is 9.13. The number of nitrogens with two attached hydrogens (primary N) is 1. The first-order valence-electron chi connectivity index (χ1n) is 15.6. The van der Waals surface area contributed by atoms with Gasteiger partial charge in [-0.05, 0) is 60.7 Å². The van der Waals surface area contributed by atoms with Crippen LogP contribution in [0.5, 0.6) is 0 Å². The van der Waals surface area contributed by atoms with Crippen LogP contribution in [0.25, 0.3) is 5.31 Å². The minimum absolute atomic E-state index is 0.146. The highest BCUT2D eigenvalue weighted by Gasteiger charge is 2.52. The summed E-state index contributed by atoms with van der Waals surface area (Å²) >= 11 is 0. The molecule has 2 amide bonds. The van der Waals surface area contributed by atoms with Crippen LogP contribution >= 0.6 is 7.26 Å². The smallest absolute Gasteiger partial charge is 0.276 e. The predicted octanol–water partition coefficient (Wildman–Crippen LogP) is 2.24. The highest BCUT2D eigenvalue weighted by Crippen LogP contribution is 2.67. The van der Waals surface area contributed by atoms with E-state index in [1.807, 2.05) is 103 Å². The summed E-state index contributed by atoms with van der Waals surface area (Å²) in [5.74, 6) is -0.874. The van der Waals surface area contributed by atoms with Gasteiger partial charge in [-0.2, -0.15) is 0 Å². The van der Waals surface area contributed by atoms with Crippen LogP contribution in [0.3, 0.4) is 0 Å². The number of carbonyl (C=O) groups excluding carboxylic acids is 2. The lowest BCUT2D eigenvalue weighted by Crippen LogP contribution is -2.68. The summed E-state index contributed by atoms with van der Waals surface area (Å²) in [7, 11) is -7.83. The van der Waals surface area contributed by atoms with Gasteiger partial charge in [0.1, 0.15) is 28.5 Å². The first-order valence-corrected chi connectivity index (χ1v) is 18.6. The van der Waals surface area contributed by atoms with E-state index in [1.54, 1.807) is 36.4 Å². The van der Waals surface area contributed by atoms with E-state index in [9.17, 15) is 9.59 Å². The summed E-state index contributed by atoms with van der Waals surface area (Å²) in [5, 5.41) is 9.94. The number of rotatable bonds is 9. The van der Waals surface area contributed by atoms with Crippen molar-refractivity contribution in [1.82, 2.24) is 5.32 Å². The fourth-order valence-corrected chi connectivity index (χ4v) is 10.2. The Morgan fingerprint density at radius 1 is 0.510 bits per heavy atom. The zero-order valence-electron chi connectivity index (χ0n) is 27.1. The maximum Gasteiger partial charge on any atom is 0.276 e. The molecule has 11 heteroatoms. The molecule has 0 bridgehead atoms. The van der Waals surface area contributed by atoms with Crippen LogP contribution < -0.4 is 50.9 Å². The number of hydrogen-bond acceptors (Lipinski definition) is 7. The van der Waals surface area contributed by atoms with Gasteiger partial charge in [-0.15, -0.1) is 10.2 Å². The van der Waals surface area contributed by atoms with Crippen molar-refractivity contribution < 1.29 is 38.5 Å². The van der Waals surface area contributed by atoms with Crippen LogP contribution in [0.4, 0.5) is 11.4 Å². The van der Waals surface area contributed by atoms with Crippen LogP contribution in [-0.4, -0.2) is 11.8 Å². The Balaban J connectivity index is 0.000000943. The van der Waals surface area contributed by atoms with Crippen molar-refractivity contribution in [3.8, 4) is 0 Å². The number of nitrogens with one attached hydrogen (secondary N) is 2. The molecule has 51 heavy (non-hydrogen) atoms. The molecule has 9 nitrogen and oxygen atoms in total. The molecule has 0 saturated carbocycles. The Morgan fingerprint density at radius 3 is 1.27 bits per heavy atom. The molecule has 0 fully saturated rings. The standard InChI is InChI=1S/C40H32N3O2P.ClHO4/c41-35-28-16-17-29-36(35)42-40(45)37(43-39(44)31-20-8-2-9-21-31)38(30-18-6-1-7-19-30)46(32-22-10-3-11-23-32,33-24-12-4-13-25-33)34-26-14-5-15-27-34;2-1(3,4)5/h1-29H,41H2,(H-,42,43,44,45);(H,2,3,4,5)/b38-37-;. The minimum atomic E-state index is -4.94. The zero-order chi connectivity index (χ0) is 36.3. The topological polar surface area (TPSA) is 176 Å². The largest absolute Gasteiger partial charge is 0.397 e. The maximum absolute atomic E-state index is 14.8. The van der Waals surface area contributed by atoms with Gasteiger partial charge in [-0.1, -0.05) is 115 Å². The molecule has 6 aromatic carbocycles. The van der Waals surface area contributed by atoms with Crippen LogP contribution in [0.15, 0.2) is 182 Å². The van der Waals surface area contributed by atoms with Gasteiger partial charge in [0, 0.05) is 11.1 Å². The van der Waals surface area contributed by atoms with E-state index < -0.39 is 29.3 Å². The minimum Gasteiger partial charge on any atom is -0.397 e. The van der Waals surface area contributed by atoms with Gasteiger partial charge in [-0.25, -0.2) is 18.6 Å². The van der Waals surface area contributed by atoms with Gasteiger partial charge >= 0.3 is 0 Å². The van der Waals surface area contributed by atoms with Gasteiger partial charge in [0.15, 0.2) is 5.70 Å². The van der Waals surface area contributed by atoms with Gasteiger partial charge < -0.3 is 16.4 Å². The summed E-state index contributed by atoms with van der Waals surface area (Å²) in [4.78, 5) is 28.8. The highest BCUT2D eigenvalue weighted by molar-refractivity contribution is 8.03. The molecule has 0 atom stereocenters. The molecular formula is C40H33ClN3O6P. The lowest BCUT2D eigenvalue weighted by Gasteiger charge is -2.31. The Morgan fingerprint density at radius 2 is 0.863 bits per heavy atom. The van der Waals surface area contributed by atoms with Gasteiger partial charge in [0.05, 0.1) is 11.4 Å². The van der Waals surface area contributed by atoms with Crippen molar-refractivity contribution in [2.45, 2.75) is 0 Å². The van der Waals surface area contributed by atoms with Crippen molar-refractivity contribution in [2.75, 3.05) is 11.1 Å². The zero-order valence-corrected chi connectivity index (χ0v) is 28.7. The maximum atomic E-state index is 14.8. The quantitative estimate of drug-likeness (QED) is 0.117. The summed E-state index contributed by atoms with van der Waals surface area (Å²) < 4.78 is 34.0. The van der Waals surface area contributed by atoms with Crippen molar-refractivity contribution >= 4 is 51.7 Å². The molecule has 0 heterocycles. The SMILES string of the molecule is Nc1ccccc1NC(=O)/C(NC(=O)c1ccccc1)=C(\c1ccccc1)[P+](c1ccccc1)(c1ccccc1)c1ccccc1.[O-][Cl+3]([O-])([O-])[O-]. The number of benzene rings is 6. The molecule has 6 rings (SSSR count). The number of nitrogen functional groups attached to an aromatic ring is 1. The van der Waals surface area contributed by atoms with Crippen molar-refractivity contribution in [2.24, 2.45) is 0 Å². The molecule has 0 radical (unpaired) electrons. The molecular weight excluding hydrogens is 685 g/mol. The van der Waals surface area contributed by atoms with Gasteiger partial charge in [-0.3, -0.25) is 9.59 Å². The summed E-state index contributed by atoms with van der Waals surface area (Å²) in [6, 6.07) is 56.6. The van der Waals surface area contributed by atoms with Crippen LogP contribution in [0.2, 0.25) is 0 Å². The number of anilines is 2. The van der Waals surface area contributed by atoms with E-state index in [2.05, 4.69) is 47.0 Å². The second kappa shape index (κ2) is 16.8. The molecule has 256 valence electrons. The summed E-state index contributed by atoms with van der Waals surface area (Å²) in [5.41, 5.74) is 8.56. The predicted molar refractivity (Wildman–Crippen MR) is 192 cm³/mol. The van der Waals surface area contributed by atoms with Crippen LogP contribution in [-0.2, 0) is 4.79 Å². The molecule has 0 spiro atoms. The summed E-state index contributed by atoms with van der Waals surface area (Å²) in [6.45, 7) is 0. The molecule has 0 saturated heterocycles. The second-order valence-corrected chi connectivity index (χ2v) is 15.1. The monoisotopic (exact) mass is 717 g/mol. The lowest BCUT2D eigenvalue weighted by molar-refractivity contribution is -2.00. The van der Waals surface area contributed by atoms with E-state index in [-0.39, 0.29) is 5.70 Å². The van der Waals surface area contributed by atoms with Gasteiger partial charge in [0.25, 0.3) is 11.8 Å². The Labute approximate surface area is 298 Å². The van der Waals surface area contributed by atoms with Crippen molar-refractivity contribution in [3.63, 3.8) is 0 Å². The van der Waals surface area contributed by atoms with Crippen molar-refractivity contribution in [3.05, 3.63) is 193 Å². The van der Waals surface area contributed by atoms with E-state index >= 15 is 0 Å². The molecule has 0 unspecified atom stereocenters.